The highest BCUT2D eigenvalue weighted by Gasteiger charge is 2.43. The van der Waals surface area contributed by atoms with Crippen LogP contribution >= 0.6 is 11.6 Å². The number of benzene rings is 2. The Balaban J connectivity index is 0.00000461. The normalized spacial score (nSPS) is 23.2. The van der Waals surface area contributed by atoms with E-state index in [1.807, 2.05) is 0 Å². The number of hydrogen-bond donors (Lipinski definition) is 4. The van der Waals surface area contributed by atoms with Gasteiger partial charge in [0.15, 0.2) is 17.2 Å². The summed E-state index contributed by atoms with van der Waals surface area (Å²) in [7, 11) is -8.06. The van der Waals surface area contributed by atoms with Gasteiger partial charge >= 0.3 is 0 Å². The molecule has 2 aromatic rings. The smallest absolute Gasteiger partial charge is 0.272 e. The first-order valence-corrected chi connectivity index (χ1v) is 17.1. The van der Waals surface area contributed by atoms with Gasteiger partial charge in [0.25, 0.3) is 20.2 Å². The van der Waals surface area contributed by atoms with Crippen molar-refractivity contribution in [3.8, 4) is 11.5 Å². The molecule has 0 spiro atoms. The zero-order chi connectivity index (χ0) is 31.7. The predicted molar refractivity (Wildman–Crippen MR) is 163 cm³/mol. The van der Waals surface area contributed by atoms with Crippen LogP contribution in [0.25, 0.3) is 0 Å². The first kappa shape index (κ1) is 35.1. The lowest BCUT2D eigenvalue weighted by Gasteiger charge is -2.37. The van der Waals surface area contributed by atoms with Crippen LogP contribution in [-0.4, -0.2) is 112 Å². The molecule has 5 rings (SSSR count). The Morgan fingerprint density at radius 1 is 1.11 bits per heavy atom. The number of amidine groups is 1. The zero-order valence-corrected chi connectivity index (χ0v) is 26.4. The predicted octanol–water partition coefficient (Wildman–Crippen LogP) is 1.40. The Kier molecular flexibility index (Phi) is 10.8. The van der Waals surface area contributed by atoms with Crippen LogP contribution in [-0.2, 0) is 35.4 Å². The van der Waals surface area contributed by atoms with Gasteiger partial charge in [-0.2, -0.15) is 16.8 Å². The van der Waals surface area contributed by atoms with Crippen molar-refractivity contribution < 1.29 is 54.8 Å². The molecule has 15 nitrogen and oxygen atoms in total. The Morgan fingerprint density at radius 2 is 1.80 bits per heavy atom. The van der Waals surface area contributed by atoms with E-state index in [1.165, 1.54) is 31.4 Å². The largest absolute Gasteiger partial charge is 0.493 e. The molecular formula is C26H34ClFN4O11S2. The molecule has 1 unspecified atom stereocenters. The monoisotopic (exact) mass is 696 g/mol. The number of nitrogens with one attached hydrogen (secondary N) is 2. The van der Waals surface area contributed by atoms with E-state index in [0.29, 0.717) is 26.2 Å². The summed E-state index contributed by atoms with van der Waals surface area (Å²) < 4.78 is 105. The van der Waals surface area contributed by atoms with Gasteiger partial charge < -0.3 is 35.1 Å². The SMILES string of the molecule is COc1cc2c(cc1OCCCN1C[C@@H]3OCCO[C@@H]3C1)C(CS(=O)(=O)O)(Nc1ccc(F)c(Cl)c1)N=C(CS(=O)(=O)O)N2.O. The van der Waals surface area contributed by atoms with Crippen LogP contribution in [0, 0.1) is 5.82 Å². The summed E-state index contributed by atoms with van der Waals surface area (Å²) >= 11 is 5.95. The highest BCUT2D eigenvalue weighted by Crippen LogP contribution is 2.44. The lowest BCUT2D eigenvalue weighted by atomic mass is 9.96. The minimum absolute atomic E-state index is 0. The summed E-state index contributed by atoms with van der Waals surface area (Å²) in [4.78, 5) is 6.53. The number of anilines is 2. The van der Waals surface area contributed by atoms with Crippen LogP contribution in [0.3, 0.4) is 0 Å². The molecule has 3 atom stereocenters. The molecule has 3 aliphatic heterocycles. The van der Waals surface area contributed by atoms with Gasteiger partial charge in [0.2, 0.25) is 0 Å². The maximum absolute atomic E-state index is 13.9. The molecule has 0 radical (unpaired) electrons. The average molecular weight is 697 g/mol. The maximum Gasteiger partial charge on any atom is 0.272 e. The van der Waals surface area contributed by atoms with E-state index >= 15 is 0 Å². The molecule has 0 aromatic heterocycles. The first-order valence-electron chi connectivity index (χ1n) is 13.5. The van der Waals surface area contributed by atoms with Crippen LogP contribution in [0.15, 0.2) is 35.3 Å². The third-order valence-corrected chi connectivity index (χ3v) is 8.96. The Hall–Kier alpha value is -2.81. The molecule has 3 heterocycles. The number of fused-ring (bicyclic) bond motifs is 2. The van der Waals surface area contributed by atoms with Gasteiger partial charge in [-0.3, -0.25) is 14.0 Å². The van der Waals surface area contributed by atoms with Gasteiger partial charge in [0, 0.05) is 37.0 Å². The minimum atomic E-state index is -4.81. The topological polar surface area (TPSA) is 217 Å². The van der Waals surface area contributed by atoms with Gasteiger partial charge in [-0.25, -0.2) is 9.38 Å². The molecule has 0 aliphatic carbocycles. The summed E-state index contributed by atoms with van der Waals surface area (Å²) in [5.74, 6) is -2.76. The fourth-order valence-electron chi connectivity index (χ4n) is 5.50. The third-order valence-electron chi connectivity index (χ3n) is 7.25. The molecule has 0 bridgehead atoms. The van der Waals surface area contributed by atoms with Crippen LogP contribution < -0.4 is 20.1 Å². The number of rotatable bonds is 12. The van der Waals surface area contributed by atoms with E-state index in [2.05, 4.69) is 20.5 Å². The van der Waals surface area contributed by atoms with Crippen molar-refractivity contribution in [2.24, 2.45) is 4.99 Å². The standard InChI is InChI=1S/C26H32ClFN4O10S2.H2O/c1-39-21-11-20-17(10-22(21)40-6-2-5-32-12-23-24(13-32)42-8-7-41-23)26(15-44(36,37)38,31-25(29-20)14-43(33,34)35)30-16-3-4-19(28)18(27)9-16;/h3-4,9-11,23-24,30H,2,5-8,12-15H2,1H3,(H,29,31)(H,33,34,35)(H,36,37,38);1H2/t23-,24+,26?;. The van der Waals surface area contributed by atoms with Gasteiger partial charge in [-0.1, -0.05) is 11.6 Å². The van der Waals surface area contributed by atoms with Crippen molar-refractivity contribution in [1.29, 1.82) is 0 Å². The van der Waals surface area contributed by atoms with Crippen LogP contribution in [0.2, 0.25) is 5.02 Å². The number of ether oxygens (including phenoxy) is 4. The number of methoxy groups -OCH3 is 1. The van der Waals surface area contributed by atoms with Gasteiger partial charge in [-0.05, 0) is 30.7 Å². The molecule has 0 amide bonds. The van der Waals surface area contributed by atoms with Crippen molar-refractivity contribution in [2.75, 3.05) is 68.7 Å². The summed E-state index contributed by atoms with van der Waals surface area (Å²) in [5, 5.41) is 5.35. The summed E-state index contributed by atoms with van der Waals surface area (Å²) in [6.45, 7) is 3.61. The third kappa shape index (κ3) is 8.72. The van der Waals surface area contributed by atoms with E-state index in [1.54, 1.807) is 0 Å². The highest BCUT2D eigenvalue weighted by atomic mass is 35.5. The van der Waals surface area contributed by atoms with Crippen LogP contribution in [0.4, 0.5) is 15.8 Å². The molecule has 2 aromatic carbocycles. The lowest BCUT2D eigenvalue weighted by Crippen LogP contribution is -2.46. The van der Waals surface area contributed by atoms with E-state index in [0.717, 1.165) is 19.2 Å². The maximum atomic E-state index is 13.9. The second-order valence-corrected chi connectivity index (χ2v) is 13.9. The van der Waals surface area contributed by atoms with Crippen molar-refractivity contribution >= 4 is 49.0 Å². The number of aliphatic imine (C=N–C) groups is 1. The summed E-state index contributed by atoms with van der Waals surface area (Å²) in [5.41, 5.74) is -1.73. The molecule has 45 heavy (non-hydrogen) atoms. The van der Waals surface area contributed by atoms with E-state index in [9.17, 15) is 30.3 Å². The highest BCUT2D eigenvalue weighted by molar-refractivity contribution is 7.86. The molecule has 0 saturated carbocycles. The fraction of sp³-hybridized carbons (Fsp3) is 0.500. The van der Waals surface area contributed by atoms with Crippen molar-refractivity contribution in [2.45, 2.75) is 24.3 Å². The summed E-state index contributed by atoms with van der Waals surface area (Å²) in [6.07, 6.45) is 0.712. The number of hydrogen-bond acceptors (Lipinski definition) is 12. The quantitative estimate of drug-likeness (QED) is 0.182. The fourth-order valence-corrected chi connectivity index (χ4v) is 6.98. The lowest BCUT2D eigenvalue weighted by molar-refractivity contribution is -0.116. The van der Waals surface area contributed by atoms with Crippen LogP contribution in [0.1, 0.15) is 12.0 Å². The second-order valence-electron chi connectivity index (χ2n) is 10.6. The van der Waals surface area contributed by atoms with Crippen molar-refractivity contribution in [1.82, 2.24) is 4.90 Å². The molecule has 19 heteroatoms. The van der Waals surface area contributed by atoms with Crippen molar-refractivity contribution in [3.05, 3.63) is 46.7 Å². The van der Waals surface area contributed by atoms with E-state index in [-0.39, 0.29) is 63.6 Å². The zero-order valence-electron chi connectivity index (χ0n) is 24.0. The molecule has 6 N–H and O–H groups in total. The molecule has 2 saturated heterocycles. The summed E-state index contributed by atoms with van der Waals surface area (Å²) in [6, 6.07) is 6.37. The molecule has 2 fully saturated rings. The molecule has 250 valence electrons. The van der Waals surface area contributed by atoms with Gasteiger partial charge in [-0.15, -0.1) is 0 Å². The second kappa shape index (κ2) is 13.9. The van der Waals surface area contributed by atoms with Crippen LogP contribution in [0.5, 0.6) is 11.5 Å². The first-order chi connectivity index (χ1) is 20.7. The Bertz CT molecular complexity index is 1630. The van der Waals surface area contributed by atoms with E-state index in [4.69, 9.17) is 30.5 Å². The average Bonchev–Trinajstić information content (AvgIpc) is 3.34. The molecular weight excluding hydrogens is 663 g/mol. The number of likely N-dealkylation sites (tertiary alicyclic amines) is 1. The van der Waals surface area contributed by atoms with Gasteiger partial charge in [0.05, 0.1) is 49.8 Å². The Morgan fingerprint density at radius 3 is 2.40 bits per heavy atom. The number of halogens is 2. The van der Waals surface area contributed by atoms with E-state index < -0.39 is 43.2 Å². The Labute approximate surface area is 264 Å². The molecule has 3 aliphatic rings. The van der Waals surface area contributed by atoms with Crippen molar-refractivity contribution in [3.63, 3.8) is 0 Å². The van der Waals surface area contributed by atoms with Gasteiger partial charge in [0.1, 0.15) is 23.2 Å². The minimum Gasteiger partial charge on any atom is -0.493 e. The number of nitrogens with zero attached hydrogens (tertiary/aromatic N) is 2.